The fraction of sp³-hybridized carbons (Fsp3) is 0.500. The molecule has 0 N–H and O–H groups in total. The van der Waals surface area contributed by atoms with Gasteiger partial charge >= 0.3 is 0 Å². The molecule has 1 aliphatic carbocycles. The van der Waals surface area contributed by atoms with Crippen LogP contribution in [-0.2, 0) is 0 Å². The third-order valence-electron chi connectivity index (χ3n) is 1.40. The molecular weight excluding hydrogens is 96.1 g/mol. The topological polar surface area (TPSA) is 0 Å². The molecule has 1 rings (SSSR count). The normalized spacial score (nSPS) is 15.2. The third-order valence-corrected chi connectivity index (χ3v) is 1.40. The van der Waals surface area contributed by atoms with Crippen molar-refractivity contribution in [3.8, 4) is 0 Å². The zero-order chi connectivity index (χ0) is 5.82. The van der Waals surface area contributed by atoms with Crippen LogP contribution in [0.25, 0.3) is 0 Å². The van der Waals surface area contributed by atoms with Crippen molar-refractivity contribution in [1.82, 2.24) is 0 Å². The number of unbranched alkanes of at least 4 members (excludes halogenated alkanes) is 1. The van der Waals surface area contributed by atoms with E-state index in [2.05, 4.69) is 12.7 Å². The van der Waals surface area contributed by atoms with Gasteiger partial charge in [-0.15, -0.1) is 6.58 Å². The van der Waals surface area contributed by atoms with Crippen LogP contribution in [0.2, 0.25) is 0 Å². The van der Waals surface area contributed by atoms with Gasteiger partial charge in [0.2, 0.25) is 0 Å². The van der Waals surface area contributed by atoms with Gasteiger partial charge in [-0.25, -0.2) is 0 Å². The van der Waals surface area contributed by atoms with Crippen LogP contribution in [0.4, 0.5) is 0 Å². The molecule has 0 saturated heterocycles. The molecule has 0 unspecified atom stereocenters. The summed E-state index contributed by atoms with van der Waals surface area (Å²) < 4.78 is 0. The molecule has 0 aromatic heterocycles. The van der Waals surface area contributed by atoms with E-state index in [-0.39, 0.29) is 0 Å². The molecular formula is C8H12. The van der Waals surface area contributed by atoms with Crippen LogP contribution in [0.15, 0.2) is 24.3 Å². The van der Waals surface area contributed by atoms with Gasteiger partial charge in [0.15, 0.2) is 0 Å². The van der Waals surface area contributed by atoms with Crippen LogP contribution in [-0.4, -0.2) is 0 Å². The summed E-state index contributed by atoms with van der Waals surface area (Å²) in [4.78, 5) is 0. The van der Waals surface area contributed by atoms with Crippen molar-refractivity contribution in [2.24, 2.45) is 0 Å². The molecule has 8 heavy (non-hydrogen) atoms. The molecule has 0 atom stereocenters. The van der Waals surface area contributed by atoms with E-state index < -0.39 is 0 Å². The van der Waals surface area contributed by atoms with E-state index in [9.17, 15) is 0 Å². The maximum Gasteiger partial charge on any atom is -0.0136 e. The van der Waals surface area contributed by atoms with Crippen molar-refractivity contribution in [3.05, 3.63) is 24.3 Å². The lowest BCUT2D eigenvalue weighted by Crippen LogP contribution is -1.68. The molecule has 0 spiro atoms. The standard InChI is InChI=1S/C8H12/c1-2-3-4-5-8-6-7-8/h2,6H,1,3-5,7H2. The zero-order valence-electron chi connectivity index (χ0n) is 5.19. The molecule has 0 heterocycles. The van der Waals surface area contributed by atoms with Crippen LogP contribution >= 0.6 is 0 Å². The van der Waals surface area contributed by atoms with E-state index in [4.69, 9.17) is 0 Å². The van der Waals surface area contributed by atoms with Gasteiger partial charge in [-0.1, -0.05) is 17.7 Å². The van der Waals surface area contributed by atoms with Crippen molar-refractivity contribution < 1.29 is 0 Å². The minimum Gasteiger partial charge on any atom is -0.103 e. The molecule has 0 nitrogen and oxygen atoms in total. The number of hydrogen-bond donors (Lipinski definition) is 0. The zero-order valence-corrected chi connectivity index (χ0v) is 5.19. The minimum absolute atomic E-state index is 1.18. The van der Waals surface area contributed by atoms with Gasteiger partial charge in [0.25, 0.3) is 0 Å². The molecule has 0 heteroatoms. The Balaban J connectivity index is 1.88. The summed E-state index contributed by atoms with van der Waals surface area (Å²) in [5.74, 6) is 0. The Bertz CT molecular complexity index is 109. The molecule has 0 bridgehead atoms. The molecule has 0 aromatic rings. The Morgan fingerprint density at radius 1 is 1.75 bits per heavy atom. The molecule has 0 fully saturated rings. The van der Waals surface area contributed by atoms with Crippen molar-refractivity contribution in [1.29, 1.82) is 0 Å². The van der Waals surface area contributed by atoms with Gasteiger partial charge in [0.05, 0.1) is 0 Å². The molecule has 1 aliphatic rings. The monoisotopic (exact) mass is 108 g/mol. The minimum atomic E-state index is 1.18. The van der Waals surface area contributed by atoms with Gasteiger partial charge in [-0.3, -0.25) is 0 Å². The first-order valence-corrected chi connectivity index (χ1v) is 3.22. The van der Waals surface area contributed by atoms with Gasteiger partial charge in [-0.05, 0) is 25.7 Å². The van der Waals surface area contributed by atoms with Crippen molar-refractivity contribution in [2.45, 2.75) is 25.7 Å². The molecule has 0 saturated carbocycles. The number of allylic oxidation sites excluding steroid dienone is 3. The molecule has 0 amide bonds. The van der Waals surface area contributed by atoms with Crippen LogP contribution in [0.1, 0.15) is 25.7 Å². The Kier molecular flexibility index (Phi) is 1.90. The van der Waals surface area contributed by atoms with Crippen LogP contribution in [0.5, 0.6) is 0 Å². The van der Waals surface area contributed by atoms with Gasteiger partial charge in [0, 0.05) is 0 Å². The van der Waals surface area contributed by atoms with E-state index >= 15 is 0 Å². The Labute approximate surface area is 50.9 Å². The Morgan fingerprint density at radius 2 is 2.50 bits per heavy atom. The third kappa shape index (κ3) is 1.97. The predicted octanol–water partition coefficient (Wildman–Crippen LogP) is 2.67. The average Bonchev–Trinajstić information content (AvgIpc) is 2.51. The van der Waals surface area contributed by atoms with E-state index in [1.54, 1.807) is 5.57 Å². The SMILES string of the molecule is C=CCCCC1=CC1. The maximum absolute atomic E-state index is 3.66. The summed E-state index contributed by atoms with van der Waals surface area (Å²) in [7, 11) is 0. The van der Waals surface area contributed by atoms with Crippen LogP contribution in [0, 0.1) is 0 Å². The van der Waals surface area contributed by atoms with Crippen LogP contribution in [0.3, 0.4) is 0 Å². The predicted molar refractivity (Wildman–Crippen MR) is 36.7 cm³/mol. The molecule has 44 valence electrons. The Hall–Kier alpha value is -0.520. The Morgan fingerprint density at radius 3 is 3.00 bits per heavy atom. The van der Waals surface area contributed by atoms with Gasteiger partial charge in [0.1, 0.15) is 0 Å². The highest BCUT2D eigenvalue weighted by Gasteiger charge is 2.04. The summed E-state index contributed by atoms with van der Waals surface area (Å²) in [6.07, 6.45) is 9.36. The summed E-state index contributed by atoms with van der Waals surface area (Å²) in [6, 6.07) is 0. The van der Waals surface area contributed by atoms with E-state index in [1.165, 1.54) is 25.7 Å². The van der Waals surface area contributed by atoms with Crippen LogP contribution < -0.4 is 0 Å². The summed E-state index contributed by atoms with van der Waals surface area (Å²) >= 11 is 0. The highest BCUT2D eigenvalue weighted by atomic mass is 14.1. The number of hydrogen-bond acceptors (Lipinski definition) is 0. The lowest BCUT2D eigenvalue weighted by molar-refractivity contribution is 0.849. The molecule has 0 aliphatic heterocycles. The first-order valence-electron chi connectivity index (χ1n) is 3.22. The summed E-state index contributed by atoms with van der Waals surface area (Å²) in [6.45, 7) is 3.66. The van der Waals surface area contributed by atoms with E-state index in [0.717, 1.165) is 0 Å². The lowest BCUT2D eigenvalue weighted by Gasteiger charge is -1.87. The van der Waals surface area contributed by atoms with Crippen molar-refractivity contribution in [2.75, 3.05) is 0 Å². The summed E-state index contributed by atoms with van der Waals surface area (Å²) in [5, 5.41) is 0. The van der Waals surface area contributed by atoms with E-state index in [1.807, 2.05) is 6.08 Å². The molecule has 0 aromatic carbocycles. The largest absolute Gasteiger partial charge is 0.103 e. The first kappa shape index (κ1) is 5.61. The average molecular weight is 108 g/mol. The summed E-state index contributed by atoms with van der Waals surface area (Å²) in [5.41, 5.74) is 1.65. The lowest BCUT2D eigenvalue weighted by atomic mass is 10.2. The second-order valence-electron chi connectivity index (χ2n) is 2.25. The van der Waals surface area contributed by atoms with Crippen molar-refractivity contribution in [3.63, 3.8) is 0 Å². The highest BCUT2D eigenvalue weighted by molar-refractivity contribution is 5.21. The highest BCUT2D eigenvalue weighted by Crippen LogP contribution is 2.23. The fourth-order valence-electron chi connectivity index (χ4n) is 0.750. The quantitative estimate of drug-likeness (QED) is 0.383. The smallest absolute Gasteiger partial charge is 0.0136 e. The van der Waals surface area contributed by atoms with Crippen molar-refractivity contribution >= 4 is 0 Å². The van der Waals surface area contributed by atoms with Gasteiger partial charge < -0.3 is 0 Å². The second-order valence-corrected chi connectivity index (χ2v) is 2.25. The van der Waals surface area contributed by atoms with E-state index in [0.29, 0.717) is 0 Å². The maximum atomic E-state index is 3.66. The first-order chi connectivity index (χ1) is 3.93. The molecule has 0 radical (unpaired) electrons. The fourth-order valence-corrected chi connectivity index (χ4v) is 0.750. The number of rotatable bonds is 4. The second kappa shape index (κ2) is 2.71. The van der Waals surface area contributed by atoms with Gasteiger partial charge in [-0.2, -0.15) is 0 Å².